The highest BCUT2D eigenvalue weighted by molar-refractivity contribution is 9.10. The standard InChI is InChI=1S/C8H5BrN2/c9-7-3-6-1-2-10-5-8(6)11-4-7/h1-5H. The summed E-state index contributed by atoms with van der Waals surface area (Å²) in [6.07, 6.45) is 5.28. The van der Waals surface area contributed by atoms with E-state index in [4.69, 9.17) is 0 Å². The van der Waals surface area contributed by atoms with Crippen LogP contribution in [0.1, 0.15) is 0 Å². The van der Waals surface area contributed by atoms with E-state index in [-0.39, 0.29) is 0 Å². The monoisotopic (exact) mass is 208 g/mol. The highest BCUT2D eigenvalue weighted by Crippen LogP contribution is 2.14. The summed E-state index contributed by atoms with van der Waals surface area (Å²) in [5, 5.41) is 1.11. The number of nitrogens with zero attached hydrogens (tertiary/aromatic N) is 2. The maximum atomic E-state index is 4.17. The summed E-state index contributed by atoms with van der Waals surface area (Å²) in [6, 6.07) is 3.96. The summed E-state index contributed by atoms with van der Waals surface area (Å²) in [7, 11) is 0. The van der Waals surface area contributed by atoms with E-state index in [1.807, 2.05) is 12.1 Å². The predicted octanol–water partition coefficient (Wildman–Crippen LogP) is 2.39. The Kier molecular flexibility index (Phi) is 1.58. The Labute approximate surface area is 72.4 Å². The lowest BCUT2D eigenvalue weighted by atomic mass is 10.3. The summed E-state index contributed by atoms with van der Waals surface area (Å²) < 4.78 is 0.996. The molecule has 2 nitrogen and oxygen atoms in total. The first kappa shape index (κ1) is 6.73. The molecule has 0 spiro atoms. The first-order valence-corrected chi connectivity index (χ1v) is 4.01. The molecule has 0 bridgehead atoms. The van der Waals surface area contributed by atoms with Crippen LogP contribution in [0.5, 0.6) is 0 Å². The second-order valence-corrected chi connectivity index (χ2v) is 3.14. The van der Waals surface area contributed by atoms with Crippen molar-refractivity contribution in [2.24, 2.45) is 0 Å². The number of halogens is 1. The maximum Gasteiger partial charge on any atom is 0.0885 e. The van der Waals surface area contributed by atoms with Crippen molar-refractivity contribution in [3.63, 3.8) is 0 Å². The van der Waals surface area contributed by atoms with E-state index in [1.165, 1.54) is 0 Å². The number of hydrogen-bond acceptors (Lipinski definition) is 2. The fraction of sp³-hybridized carbons (Fsp3) is 0. The minimum atomic E-state index is 0.927. The van der Waals surface area contributed by atoms with Crippen LogP contribution >= 0.6 is 15.9 Å². The SMILES string of the molecule is Brc1cnc2cnccc2c1. The summed E-state index contributed by atoms with van der Waals surface area (Å²) in [5.41, 5.74) is 0.927. The molecule has 2 aromatic rings. The van der Waals surface area contributed by atoms with Crippen molar-refractivity contribution in [1.82, 2.24) is 9.97 Å². The summed E-state index contributed by atoms with van der Waals surface area (Å²) in [6.45, 7) is 0. The normalized spacial score (nSPS) is 10.3. The van der Waals surface area contributed by atoms with E-state index in [1.54, 1.807) is 18.6 Å². The van der Waals surface area contributed by atoms with Gasteiger partial charge in [-0.25, -0.2) is 0 Å². The molecule has 0 aliphatic carbocycles. The van der Waals surface area contributed by atoms with Gasteiger partial charge in [0, 0.05) is 22.3 Å². The molecule has 0 amide bonds. The van der Waals surface area contributed by atoms with Crippen LogP contribution in [0.15, 0.2) is 35.2 Å². The van der Waals surface area contributed by atoms with Gasteiger partial charge in [-0.2, -0.15) is 0 Å². The average molecular weight is 209 g/mol. The van der Waals surface area contributed by atoms with Gasteiger partial charge in [0.2, 0.25) is 0 Å². The molecule has 2 aromatic heterocycles. The number of fused-ring (bicyclic) bond motifs is 1. The molecule has 0 fully saturated rings. The maximum absolute atomic E-state index is 4.17. The molecular weight excluding hydrogens is 204 g/mol. The minimum Gasteiger partial charge on any atom is -0.262 e. The molecule has 0 unspecified atom stereocenters. The quantitative estimate of drug-likeness (QED) is 0.665. The largest absolute Gasteiger partial charge is 0.262 e. The van der Waals surface area contributed by atoms with Crippen LogP contribution in [0.25, 0.3) is 10.9 Å². The molecule has 0 radical (unpaired) electrons. The second kappa shape index (κ2) is 2.58. The van der Waals surface area contributed by atoms with Gasteiger partial charge in [0.05, 0.1) is 11.7 Å². The predicted molar refractivity (Wildman–Crippen MR) is 47.2 cm³/mol. The zero-order valence-electron chi connectivity index (χ0n) is 5.66. The van der Waals surface area contributed by atoms with Gasteiger partial charge in [0.15, 0.2) is 0 Å². The topological polar surface area (TPSA) is 25.8 Å². The lowest BCUT2D eigenvalue weighted by Crippen LogP contribution is -1.78. The number of hydrogen-bond donors (Lipinski definition) is 0. The molecule has 0 aromatic carbocycles. The van der Waals surface area contributed by atoms with Gasteiger partial charge in [-0.05, 0) is 28.1 Å². The van der Waals surface area contributed by atoms with E-state index >= 15 is 0 Å². The molecule has 2 heterocycles. The van der Waals surface area contributed by atoms with E-state index in [0.717, 1.165) is 15.4 Å². The van der Waals surface area contributed by atoms with E-state index in [9.17, 15) is 0 Å². The summed E-state index contributed by atoms with van der Waals surface area (Å²) in [5.74, 6) is 0. The average Bonchev–Trinajstić information content (AvgIpc) is 2.04. The van der Waals surface area contributed by atoms with Crippen LogP contribution in [-0.2, 0) is 0 Å². The highest BCUT2D eigenvalue weighted by Gasteiger charge is 1.92. The number of pyridine rings is 2. The van der Waals surface area contributed by atoms with Crippen molar-refractivity contribution in [3.8, 4) is 0 Å². The molecule has 0 saturated heterocycles. The molecule has 0 atom stereocenters. The molecule has 0 aliphatic rings. The third-order valence-electron chi connectivity index (χ3n) is 1.45. The molecule has 3 heteroatoms. The molecule has 11 heavy (non-hydrogen) atoms. The van der Waals surface area contributed by atoms with Crippen LogP contribution in [0.3, 0.4) is 0 Å². The van der Waals surface area contributed by atoms with Gasteiger partial charge in [-0.1, -0.05) is 0 Å². The fourth-order valence-electron chi connectivity index (χ4n) is 0.944. The smallest absolute Gasteiger partial charge is 0.0885 e. The number of rotatable bonds is 0. The zero-order valence-corrected chi connectivity index (χ0v) is 7.25. The van der Waals surface area contributed by atoms with Crippen molar-refractivity contribution in [2.45, 2.75) is 0 Å². The Morgan fingerprint density at radius 2 is 2.18 bits per heavy atom. The van der Waals surface area contributed by atoms with E-state index < -0.39 is 0 Å². The second-order valence-electron chi connectivity index (χ2n) is 2.22. The zero-order chi connectivity index (χ0) is 7.68. The molecule has 0 aliphatic heterocycles. The molecule has 2 rings (SSSR count). The van der Waals surface area contributed by atoms with Gasteiger partial charge in [-0.15, -0.1) is 0 Å². The van der Waals surface area contributed by atoms with Gasteiger partial charge in [-0.3, -0.25) is 9.97 Å². The van der Waals surface area contributed by atoms with Crippen molar-refractivity contribution < 1.29 is 0 Å². The van der Waals surface area contributed by atoms with Gasteiger partial charge < -0.3 is 0 Å². The lowest BCUT2D eigenvalue weighted by Gasteiger charge is -1.94. The van der Waals surface area contributed by atoms with Crippen molar-refractivity contribution in [3.05, 3.63) is 35.2 Å². The van der Waals surface area contributed by atoms with E-state index in [0.29, 0.717) is 0 Å². The van der Waals surface area contributed by atoms with Crippen LogP contribution in [0.4, 0.5) is 0 Å². The van der Waals surface area contributed by atoms with Crippen LogP contribution in [0.2, 0.25) is 0 Å². The Morgan fingerprint density at radius 3 is 3.09 bits per heavy atom. The highest BCUT2D eigenvalue weighted by atomic mass is 79.9. The molecular formula is C8H5BrN2. The fourth-order valence-corrected chi connectivity index (χ4v) is 1.29. The van der Waals surface area contributed by atoms with Crippen molar-refractivity contribution >= 4 is 26.8 Å². The first-order chi connectivity index (χ1) is 5.36. The van der Waals surface area contributed by atoms with Crippen molar-refractivity contribution in [2.75, 3.05) is 0 Å². The van der Waals surface area contributed by atoms with Gasteiger partial charge in [0.1, 0.15) is 0 Å². The minimum absolute atomic E-state index is 0.927. The van der Waals surface area contributed by atoms with E-state index in [2.05, 4.69) is 25.9 Å². The Balaban J connectivity index is 2.83. The summed E-state index contributed by atoms with van der Waals surface area (Å²) in [4.78, 5) is 8.14. The van der Waals surface area contributed by atoms with Gasteiger partial charge in [0.25, 0.3) is 0 Å². The Morgan fingerprint density at radius 1 is 1.27 bits per heavy atom. The first-order valence-electron chi connectivity index (χ1n) is 3.21. The van der Waals surface area contributed by atoms with Crippen LogP contribution < -0.4 is 0 Å². The van der Waals surface area contributed by atoms with Crippen LogP contribution in [-0.4, -0.2) is 9.97 Å². The molecule has 0 saturated carbocycles. The lowest BCUT2D eigenvalue weighted by molar-refractivity contribution is 1.30. The third-order valence-corrected chi connectivity index (χ3v) is 1.89. The third kappa shape index (κ3) is 1.24. The summed E-state index contributed by atoms with van der Waals surface area (Å²) >= 11 is 3.35. The Bertz CT molecular complexity index is 387. The number of aromatic nitrogens is 2. The Hall–Kier alpha value is -0.960. The molecule has 54 valence electrons. The van der Waals surface area contributed by atoms with Gasteiger partial charge >= 0.3 is 0 Å². The van der Waals surface area contributed by atoms with Crippen LogP contribution in [0, 0.1) is 0 Å². The van der Waals surface area contributed by atoms with Crippen molar-refractivity contribution in [1.29, 1.82) is 0 Å². The molecule has 0 N–H and O–H groups in total.